The average molecular weight is 605 g/mol. The SMILES string of the molecule is CCC(CC)n1c(Cc2cccs2)nc2cc(C(=O)C[C@@H](CC(C)C)C(=O)N3CCC(N4CCC(C)CC4)CC3)ccc21. The van der Waals surface area contributed by atoms with Crippen LogP contribution in [0.4, 0.5) is 0 Å². The number of nitrogens with zero attached hydrogens (tertiary/aromatic N) is 4. The minimum Gasteiger partial charge on any atom is -0.342 e. The van der Waals surface area contributed by atoms with Gasteiger partial charge in [0.2, 0.25) is 5.91 Å². The smallest absolute Gasteiger partial charge is 0.226 e. The maximum absolute atomic E-state index is 13.8. The van der Waals surface area contributed by atoms with Gasteiger partial charge in [-0.2, -0.15) is 0 Å². The molecule has 2 aliphatic rings. The summed E-state index contributed by atoms with van der Waals surface area (Å²) in [6.45, 7) is 15.1. The van der Waals surface area contributed by atoms with Gasteiger partial charge >= 0.3 is 0 Å². The van der Waals surface area contributed by atoms with Gasteiger partial charge in [-0.3, -0.25) is 9.59 Å². The maximum atomic E-state index is 13.8. The zero-order valence-corrected chi connectivity index (χ0v) is 27.9. The van der Waals surface area contributed by atoms with Crippen LogP contribution < -0.4 is 0 Å². The zero-order valence-electron chi connectivity index (χ0n) is 27.1. The molecule has 4 heterocycles. The molecule has 2 saturated heterocycles. The first kappa shape index (κ1) is 31.9. The second-order valence-electron chi connectivity index (χ2n) is 13.6. The van der Waals surface area contributed by atoms with E-state index in [9.17, 15) is 9.59 Å². The number of hydrogen-bond donors (Lipinski definition) is 0. The molecule has 6 nitrogen and oxygen atoms in total. The standard InChI is InChI=1S/C36H52N4O2S/c1-6-29(7-2)40-33-11-10-27(22-32(33)37-35(40)24-31-9-8-20-43-31)34(41)23-28(21-25(3)4)36(42)39-18-14-30(15-19-39)38-16-12-26(5)13-17-38/h8-11,20,22,25-26,28-30H,6-7,12-19,21,23-24H2,1-5H3/t28-/m1/s1. The van der Waals surface area contributed by atoms with Crippen molar-refractivity contribution in [3.63, 3.8) is 0 Å². The Balaban J connectivity index is 1.29. The number of hydrogen-bond acceptors (Lipinski definition) is 5. The fraction of sp³-hybridized carbons (Fsp3) is 0.639. The van der Waals surface area contributed by atoms with E-state index in [1.807, 2.05) is 12.1 Å². The first-order valence-electron chi connectivity index (χ1n) is 16.9. The van der Waals surface area contributed by atoms with E-state index in [0.717, 1.165) is 74.4 Å². The third kappa shape index (κ3) is 7.59. The highest BCUT2D eigenvalue weighted by Crippen LogP contribution is 2.30. The first-order valence-corrected chi connectivity index (χ1v) is 17.7. The van der Waals surface area contributed by atoms with E-state index in [2.05, 4.69) is 72.6 Å². The van der Waals surface area contributed by atoms with E-state index in [1.165, 1.54) is 30.8 Å². The lowest BCUT2D eigenvalue weighted by Crippen LogP contribution is -2.50. The molecule has 1 atom stereocenters. The van der Waals surface area contributed by atoms with Crippen LogP contribution in [0.3, 0.4) is 0 Å². The van der Waals surface area contributed by atoms with Gasteiger partial charge in [0.25, 0.3) is 0 Å². The molecule has 43 heavy (non-hydrogen) atoms. The van der Waals surface area contributed by atoms with E-state index in [-0.39, 0.29) is 24.0 Å². The number of carbonyl (C=O) groups excluding carboxylic acids is 2. The summed E-state index contributed by atoms with van der Waals surface area (Å²) in [5.41, 5.74) is 2.65. The van der Waals surface area contributed by atoms with Gasteiger partial charge in [-0.05, 0) is 99.5 Å². The third-order valence-corrected chi connectivity index (χ3v) is 10.8. The van der Waals surface area contributed by atoms with Crippen molar-refractivity contribution in [3.05, 3.63) is 52.0 Å². The van der Waals surface area contributed by atoms with Gasteiger partial charge in [-0.25, -0.2) is 4.98 Å². The number of piperidine rings is 2. The van der Waals surface area contributed by atoms with Crippen molar-refractivity contribution in [2.24, 2.45) is 17.8 Å². The van der Waals surface area contributed by atoms with Crippen molar-refractivity contribution >= 4 is 34.1 Å². The third-order valence-electron chi connectivity index (χ3n) is 9.95. The number of likely N-dealkylation sites (tertiary alicyclic amines) is 2. The Morgan fingerprint density at radius 1 is 1.00 bits per heavy atom. The highest BCUT2D eigenvalue weighted by atomic mass is 32.1. The lowest BCUT2D eigenvalue weighted by Gasteiger charge is -2.42. The Labute approximate surface area is 262 Å². The Morgan fingerprint density at radius 2 is 1.72 bits per heavy atom. The first-order chi connectivity index (χ1) is 20.8. The number of benzene rings is 1. The normalized spacial score (nSPS) is 18.3. The van der Waals surface area contributed by atoms with Gasteiger partial charge in [0.15, 0.2) is 5.78 Å². The van der Waals surface area contributed by atoms with Gasteiger partial charge in [0, 0.05) is 54.4 Å². The molecule has 2 aromatic heterocycles. The second kappa shape index (κ2) is 14.5. The Bertz CT molecular complexity index is 1340. The summed E-state index contributed by atoms with van der Waals surface area (Å²) in [7, 11) is 0. The van der Waals surface area contributed by atoms with Crippen LogP contribution in [0.1, 0.15) is 113 Å². The second-order valence-corrected chi connectivity index (χ2v) is 14.6. The lowest BCUT2D eigenvalue weighted by atomic mass is 9.88. The maximum Gasteiger partial charge on any atom is 0.226 e. The number of carbonyl (C=O) groups is 2. The van der Waals surface area contributed by atoms with Gasteiger partial charge < -0.3 is 14.4 Å². The van der Waals surface area contributed by atoms with Gasteiger partial charge in [0.1, 0.15) is 5.82 Å². The Hall–Kier alpha value is -2.51. The quantitative estimate of drug-likeness (QED) is 0.197. The minimum atomic E-state index is -0.271. The molecule has 0 N–H and O–H groups in total. The van der Waals surface area contributed by atoms with E-state index in [0.29, 0.717) is 23.6 Å². The molecular formula is C36H52N4O2S. The highest BCUT2D eigenvalue weighted by molar-refractivity contribution is 7.09. The molecule has 1 amide bonds. The van der Waals surface area contributed by atoms with Crippen molar-refractivity contribution in [2.75, 3.05) is 26.2 Å². The minimum absolute atomic E-state index is 0.0510. The molecule has 0 spiro atoms. The van der Waals surface area contributed by atoms with Crippen LogP contribution in [0.25, 0.3) is 11.0 Å². The molecule has 0 radical (unpaired) electrons. The Morgan fingerprint density at radius 3 is 2.35 bits per heavy atom. The number of imidazole rings is 1. The van der Waals surface area contributed by atoms with Gasteiger partial charge in [-0.1, -0.05) is 40.7 Å². The van der Waals surface area contributed by atoms with Gasteiger partial charge in [0.05, 0.1) is 11.0 Å². The summed E-state index contributed by atoms with van der Waals surface area (Å²) in [5.74, 6) is 2.20. The molecular weight excluding hydrogens is 552 g/mol. The number of rotatable bonds is 12. The molecule has 234 valence electrons. The van der Waals surface area contributed by atoms with Crippen LogP contribution in [0.15, 0.2) is 35.7 Å². The number of thiophene rings is 1. The van der Waals surface area contributed by atoms with E-state index < -0.39 is 0 Å². The molecule has 0 aliphatic carbocycles. The van der Waals surface area contributed by atoms with Crippen LogP contribution in [0.5, 0.6) is 0 Å². The van der Waals surface area contributed by atoms with E-state index in [4.69, 9.17) is 4.98 Å². The number of Topliss-reactive ketones (excluding diaryl/α,β-unsaturated/α-hetero) is 1. The summed E-state index contributed by atoms with van der Waals surface area (Å²) in [6.07, 6.45) is 8.55. The van der Waals surface area contributed by atoms with Crippen molar-refractivity contribution in [3.8, 4) is 0 Å². The summed E-state index contributed by atoms with van der Waals surface area (Å²) < 4.78 is 2.39. The number of amides is 1. The molecule has 0 unspecified atom stereocenters. The fourth-order valence-corrected chi connectivity index (χ4v) is 8.06. The predicted octanol–water partition coefficient (Wildman–Crippen LogP) is 8.01. The molecule has 5 rings (SSSR count). The lowest BCUT2D eigenvalue weighted by molar-refractivity contribution is -0.137. The van der Waals surface area contributed by atoms with E-state index >= 15 is 0 Å². The van der Waals surface area contributed by atoms with Crippen LogP contribution in [0, 0.1) is 17.8 Å². The summed E-state index contributed by atoms with van der Waals surface area (Å²) in [5, 5.41) is 2.11. The number of fused-ring (bicyclic) bond motifs is 1. The molecule has 1 aromatic carbocycles. The van der Waals surface area contributed by atoms with E-state index in [1.54, 1.807) is 11.3 Å². The summed E-state index contributed by atoms with van der Waals surface area (Å²) in [4.78, 5) is 38.6. The van der Waals surface area contributed by atoms with Crippen LogP contribution >= 0.6 is 11.3 Å². The van der Waals surface area contributed by atoms with Crippen LogP contribution in [-0.4, -0.2) is 63.3 Å². The topological polar surface area (TPSA) is 58.4 Å². The summed E-state index contributed by atoms with van der Waals surface area (Å²) >= 11 is 1.76. The fourth-order valence-electron chi connectivity index (χ4n) is 7.36. The molecule has 0 saturated carbocycles. The van der Waals surface area contributed by atoms with Gasteiger partial charge in [-0.15, -0.1) is 11.3 Å². The van der Waals surface area contributed by atoms with Crippen LogP contribution in [-0.2, 0) is 11.2 Å². The van der Waals surface area contributed by atoms with Crippen molar-refractivity contribution < 1.29 is 9.59 Å². The predicted molar refractivity (Wildman–Crippen MR) is 178 cm³/mol. The number of ketones is 1. The van der Waals surface area contributed by atoms with Crippen molar-refractivity contribution in [1.29, 1.82) is 0 Å². The zero-order chi connectivity index (χ0) is 30.5. The van der Waals surface area contributed by atoms with Crippen molar-refractivity contribution in [2.45, 2.75) is 104 Å². The molecule has 0 bridgehead atoms. The monoisotopic (exact) mass is 604 g/mol. The molecule has 2 fully saturated rings. The largest absolute Gasteiger partial charge is 0.342 e. The number of aromatic nitrogens is 2. The Kier molecular flexibility index (Phi) is 10.8. The summed E-state index contributed by atoms with van der Waals surface area (Å²) in [6, 6.07) is 11.2. The highest BCUT2D eigenvalue weighted by Gasteiger charge is 2.33. The molecule has 2 aliphatic heterocycles. The van der Waals surface area contributed by atoms with Crippen molar-refractivity contribution in [1.82, 2.24) is 19.4 Å². The molecule has 3 aromatic rings. The molecule has 7 heteroatoms. The average Bonchev–Trinajstić information content (AvgIpc) is 3.65. The van der Waals surface area contributed by atoms with Crippen LogP contribution in [0.2, 0.25) is 0 Å².